The van der Waals surface area contributed by atoms with Crippen LogP contribution in [0.1, 0.15) is 5.56 Å². The molecular formula is C18H15N3O3. The number of amides is 1. The van der Waals surface area contributed by atoms with Gasteiger partial charge in [0.2, 0.25) is 5.91 Å². The molecule has 0 unspecified atom stereocenters. The van der Waals surface area contributed by atoms with Crippen molar-refractivity contribution >= 4 is 23.2 Å². The van der Waals surface area contributed by atoms with Crippen molar-refractivity contribution in [3.8, 4) is 11.3 Å². The third kappa shape index (κ3) is 3.49. The third-order valence-corrected chi connectivity index (χ3v) is 3.42. The number of carbonyl (C=O) groups excluding carboxylic acids is 1. The zero-order valence-electron chi connectivity index (χ0n) is 12.9. The lowest BCUT2D eigenvalue weighted by molar-refractivity contribution is -0.131. The Kier molecular flexibility index (Phi) is 4.11. The standard InChI is InChI=1S/C18H15N3O3/c1-12-7-8-21-11-15(20-16(21)9-12)13-3-2-4-14(10-13)19-17(22)5-6-18(23)24/h2-11H,1H3,(H,19,22)(H,23,24)/b6-5-. The lowest BCUT2D eigenvalue weighted by Crippen LogP contribution is -2.08. The molecule has 0 aliphatic rings. The maximum atomic E-state index is 11.7. The second-order valence-electron chi connectivity index (χ2n) is 5.34. The molecular weight excluding hydrogens is 306 g/mol. The van der Waals surface area contributed by atoms with Crippen LogP contribution in [0.25, 0.3) is 16.9 Å². The summed E-state index contributed by atoms with van der Waals surface area (Å²) in [6, 6.07) is 11.2. The highest BCUT2D eigenvalue weighted by molar-refractivity contribution is 6.02. The quantitative estimate of drug-likeness (QED) is 0.724. The Bertz CT molecular complexity index is 957. The highest BCUT2D eigenvalue weighted by Gasteiger charge is 2.06. The largest absolute Gasteiger partial charge is 0.478 e. The number of nitrogens with one attached hydrogen (secondary N) is 1. The van der Waals surface area contributed by atoms with E-state index >= 15 is 0 Å². The fourth-order valence-corrected chi connectivity index (χ4v) is 2.31. The van der Waals surface area contributed by atoms with Gasteiger partial charge in [-0.2, -0.15) is 0 Å². The van der Waals surface area contributed by atoms with Gasteiger partial charge in [0.1, 0.15) is 5.65 Å². The van der Waals surface area contributed by atoms with E-state index in [1.165, 1.54) is 0 Å². The number of aliphatic carboxylic acids is 1. The molecule has 2 aromatic heterocycles. The second kappa shape index (κ2) is 6.37. The van der Waals surface area contributed by atoms with Crippen LogP contribution in [-0.2, 0) is 9.59 Å². The number of aromatic nitrogens is 2. The molecule has 3 aromatic rings. The van der Waals surface area contributed by atoms with Gasteiger partial charge in [0.05, 0.1) is 5.69 Å². The number of carboxylic acid groups (broad SMARTS) is 1. The monoisotopic (exact) mass is 321 g/mol. The lowest BCUT2D eigenvalue weighted by Gasteiger charge is -2.04. The van der Waals surface area contributed by atoms with E-state index in [9.17, 15) is 9.59 Å². The Hall–Kier alpha value is -3.41. The van der Waals surface area contributed by atoms with E-state index in [0.717, 1.165) is 34.6 Å². The van der Waals surface area contributed by atoms with Crippen molar-refractivity contribution in [2.24, 2.45) is 0 Å². The average Bonchev–Trinajstić information content (AvgIpc) is 2.96. The maximum Gasteiger partial charge on any atom is 0.328 e. The van der Waals surface area contributed by atoms with E-state index in [1.807, 2.05) is 41.9 Å². The number of imidazole rings is 1. The summed E-state index contributed by atoms with van der Waals surface area (Å²) in [4.78, 5) is 26.7. The molecule has 0 spiro atoms. The molecule has 0 saturated heterocycles. The van der Waals surface area contributed by atoms with Gasteiger partial charge in [0.15, 0.2) is 0 Å². The summed E-state index contributed by atoms with van der Waals surface area (Å²) in [6.45, 7) is 2.01. The molecule has 24 heavy (non-hydrogen) atoms. The Morgan fingerprint density at radius 1 is 1.21 bits per heavy atom. The zero-order valence-corrected chi connectivity index (χ0v) is 12.9. The molecule has 120 valence electrons. The van der Waals surface area contributed by atoms with Crippen molar-refractivity contribution in [2.45, 2.75) is 6.92 Å². The molecule has 0 aliphatic carbocycles. The highest BCUT2D eigenvalue weighted by atomic mass is 16.4. The zero-order chi connectivity index (χ0) is 17.1. The van der Waals surface area contributed by atoms with Crippen LogP contribution in [0.5, 0.6) is 0 Å². The molecule has 6 nitrogen and oxygen atoms in total. The molecule has 3 rings (SSSR count). The predicted octanol–water partition coefficient (Wildman–Crippen LogP) is 2.89. The number of rotatable bonds is 4. The van der Waals surface area contributed by atoms with E-state index in [1.54, 1.807) is 18.2 Å². The third-order valence-electron chi connectivity index (χ3n) is 3.42. The molecule has 0 atom stereocenters. The summed E-state index contributed by atoms with van der Waals surface area (Å²) in [5.41, 5.74) is 4.20. The molecule has 1 aromatic carbocycles. The molecule has 6 heteroatoms. The minimum atomic E-state index is -1.17. The van der Waals surface area contributed by atoms with E-state index in [0.29, 0.717) is 5.69 Å². The normalized spacial score (nSPS) is 11.0. The summed E-state index contributed by atoms with van der Waals surface area (Å²) in [7, 11) is 0. The SMILES string of the molecule is Cc1ccn2cc(-c3cccc(NC(=O)/C=C\C(=O)O)c3)nc2c1. The molecule has 2 N–H and O–H groups in total. The molecule has 2 heterocycles. The Morgan fingerprint density at radius 3 is 2.83 bits per heavy atom. The molecule has 0 radical (unpaired) electrons. The van der Waals surface area contributed by atoms with Gasteiger partial charge in [-0.25, -0.2) is 9.78 Å². The van der Waals surface area contributed by atoms with E-state index in [-0.39, 0.29) is 0 Å². The summed E-state index contributed by atoms with van der Waals surface area (Å²) in [5, 5.41) is 11.2. The van der Waals surface area contributed by atoms with Crippen LogP contribution in [0.3, 0.4) is 0 Å². The van der Waals surface area contributed by atoms with Gasteiger partial charge < -0.3 is 14.8 Å². The summed E-state index contributed by atoms with van der Waals surface area (Å²) in [5.74, 6) is -1.67. The number of benzene rings is 1. The Labute approximate surface area is 138 Å². The highest BCUT2D eigenvalue weighted by Crippen LogP contribution is 2.22. The van der Waals surface area contributed by atoms with Gasteiger partial charge in [-0.05, 0) is 36.8 Å². The van der Waals surface area contributed by atoms with Crippen LogP contribution >= 0.6 is 0 Å². The van der Waals surface area contributed by atoms with Gasteiger partial charge in [-0.3, -0.25) is 4.79 Å². The first-order valence-corrected chi connectivity index (χ1v) is 7.29. The van der Waals surface area contributed by atoms with Crippen molar-refractivity contribution in [1.82, 2.24) is 9.38 Å². The number of pyridine rings is 1. The van der Waals surface area contributed by atoms with Crippen molar-refractivity contribution in [3.05, 3.63) is 66.5 Å². The first-order chi connectivity index (χ1) is 11.5. The lowest BCUT2D eigenvalue weighted by atomic mass is 10.1. The van der Waals surface area contributed by atoms with Crippen LogP contribution in [0.15, 0.2) is 60.9 Å². The van der Waals surface area contributed by atoms with Gasteiger partial charge in [0, 0.05) is 35.8 Å². The maximum absolute atomic E-state index is 11.7. The van der Waals surface area contributed by atoms with Gasteiger partial charge in [0.25, 0.3) is 0 Å². The van der Waals surface area contributed by atoms with Gasteiger partial charge in [-0.1, -0.05) is 12.1 Å². The summed E-state index contributed by atoms with van der Waals surface area (Å²) >= 11 is 0. The van der Waals surface area contributed by atoms with E-state index < -0.39 is 11.9 Å². The number of fused-ring (bicyclic) bond motifs is 1. The minimum Gasteiger partial charge on any atom is -0.478 e. The number of aryl methyl sites for hydroxylation is 1. The first kappa shape index (κ1) is 15.5. The van der Waals surface area contributed by atoms with Gasteiger partial charge >= 0.3 is 5.97 Å². The van der Waals surface area contributed by atoms with E-state index in [2.05, 4.69) is 10.3 Å². The van der Waals surface area contributed by atoms with Crippen molar-refractivity contribution in [1.29, 1.82) is 0 Å². The number of hydrogen-bond acceptors (Lipinski definition) is 3. The predicted molar refractivity (Wildman–Crippen MR) is 90.8 cm³/mol. The molecule has 0 bridgehead atoms. The second-order valence-corrected chi connectivity index (χ2v) is 5.34. The van der Waals surface area contributed by atoms with Crippen LogP contribution in [-0.4, -0.2) is 26.4 Å². The number of nitrogens with zero attached hydrogens (tertiary/aromatic N) is 2. The molecule has 1 amide bonds. The summed E-state index contributed by atoms with van der Waals surface area (Å²) in [6.07, 6.45) is 5.63. The van der Waals surface area contributed by atoms with Crippen molar-refractivity contribution < 1.29 is 14.7 Å². The van der Waals surface area contributed by atoms with Crippen molar-refractivity contribution in [2.75, 3.05) is 5.32 Å². The van der Waals surface area contributed by atoms with Crippen LogP contribution < -0.4 is 5.32 Å². The fourth-order valence-electron chi connectivity index (χ4n) is 2.31. The number of anilines is 1. The van der Waals surface area contributed by atoms with Crippen LogP contribution in [0.2, 0.25) is 0 Å². The number of hydrogen-bond donors (Lipinski definition) is 2. The number of carboxylic acids is 1. The minimum absolute atomic E-state index is 0.500. The van der Waals surface area contributed by atoms with E-state index in [4.69, 9.17) is 5.11 Å². The topological polar surface area (TPSA) is 83.7 Å². The van der Waals surface area contributed by atoms with Crippen LogP contribution in [0.4, 0.5) is 5.69 Å². The average molecular weight is 321 g/mol. The smallest absolute Gasteiger partial charge is 0.328 e. The molecule has 0 fully saturated rings. The molecule has 0 aliphatic heterocycles. The summed E-state index contributed by atoms with van der Waals surface area (Å²) < 4.78 is 1.93. The molecule has 0 saturated carbocycles. The van der Waals surface area contributed by atoms with Gasteiger partial charge in [-0.15, -0.1) is 0 Å². The number of carbonyl (C=O) groups is 2. The first-order valence-electron chi connectivity index (χ1n) is 7.29. The van der Waals surface area contributed by atoms with Crippen LogP contribution in [0, 0.1) is 6.92 Å². The fraction of sp³-hybridized carbons (Fsp3) is 0.0556. The Balaban J connectivity index is 1.86. The van der Waals surface area contributed by atoms with Crippen molar-refractivity contribution in [3.63, 3.8) is 0 Å². The Morgan fingerprint density at radius 2 is 2.04 bits per heavy atom.